The highest BCUT2D eigenvalue weighted by Gasteiger charge is 2.33. The number of amides is 2. The number of carboxylic acid groups (broad SMARTS) is 1. The fourth-order valence-electron chi connectivity index (χ4n) is 4.10. The average Bonchev–Trinajstić information content (AvgIpc) is 3.47. The van der Waals surface area contributed by atoms with Crippen molar-refractivity contribution in [3.8, 4) is 0 Å². The summed E-state index contributed by atoms with van der Waals surface area (Å²) in [4.78, 5) is 47.0. The highest BCUT2D eigenvalue weighted by Crippen LogP contribution is 2.21. The zero-order valence-corrected chi connectivity index (χ0v) is 20.6. The van der Waals surface area contributed by atoms with Crippen molar-refractivity contribution in [2.45, 2.75) is 44.3 Å². The Labute approximate surface area is 212 Å². The minimum Gasteiger partial charge on any atom is -0.480 e. The van der Waals surface area contributed by atoms with Gasteiger partial charge in [-0.05, 0) is 48.9 Å². The summed E-state index contributed by atoms with van der Waals surface area (Å²) < 4.78 is 0. The fraction of sp³-hybridized carbons (Fsp3) is 0.269. The molecule has 6 N–H and O–H groups in total. The highest BCUT2D eigenvalue weighted by atomic mass is 35.5. The third-order valence-electron chi connectivity index (χ3n) is 6.24. The minimum atomic E-state index is -1.20. The Bertz CT molecular complexity index is 1410. The van der Waals surface area contributed by atoms with E-state index >= 15 is 0 Å². The average molecular weight is 510 g/mol. The van der Waals surface area contributed by atoms with Gasteiger partial charge in [0.1, 0.15) is 17.6 Å². The molecule has 2 amide bonds. The van der Waals surface area contributed by atoms with Crippen molar-refractivity contribution in [3.05, 3.63) is 72.1 Å². The summed E-state index contributed by atoms with van der Waals surface area (Å²) in [5, 5.41) is 17.0. The molecule has 0 saturated carbocycles. The smallest absolute Gasteiger partial charge is 0.326 e. The Balaban J connectivity index is 1.58. The van der Waals surface area contributed by atoms with Crippen LogP contribution in [0.25, 0.3) is 21.8 Å². The first-order valence-corrected chi connectivity index (χ1v) is 11.9. The van der Waals surface area contributed by atoms with Crippen LogP contribution in [0.2, 0.25) is 0 Å². The molecular formula is C26H28ClN5O4. The molecule has 2 aromatic carbocycles. The Hall–Kier alpha value is -3.82. The summed E-state index contributed by atoms with van der Waals surface area (Å²) in [6.45, 7) is 3.15. The van der Waals surface area contributed by atoms with E-state index in [9.17, 15) is 19.5 Å². The molecule has 9 nitrogen and oxygen atoms in total. The predicted molar refractivity (Wildman–Crippen MR) is 139 cm³/mol. The number of aromatic amines is 2. The number of H-pyrrole nitrogens is 2. The van der Waals surface area contributed by atoms with E-state index in [0.29, 0.717) is 0 Å². The molecule has 0 aliphatic carbocycles. The Morgan fingerprint density at radius 1 is 0.861 bits per heavy atom. The molecule has 4 rings (SSSR count). The van der Waals surface area contributed by atoms with Crippen LogP contribution in [0.15, 0.2) is 60.9 Å². The maximum Gasteiger partial charge on any atom is 0.326 e. The second-order valence-corrected chi connectivity index (χ2v) is 9.46. The molecule has 0 radical (unpaired) electrons. The standard InChI is InChI=1S/C26H28ClN5O4/c1-26(2,32-27)25(36)31-21(11-15-13-28-19-9-5-3-7-17(15)19)23(33)30-22(24(34)35)12-16-14-29-20-10-6-4-8-18(16)20/h3-10,13-14,21-22,28-29,32H,11-12H2,1-2H3,(H,30,33)(H,31,36)(H,34,35)/t21-,22-/m1/s1. The first kappa shape index (κ1) is 25.3. The van der Waals surface area contributed by atoms with Crippen LogP contribution in [0, 0.1) is 0 Å². The quantitative estimate of drug-likeness (QED) is 0.182. The summed E-state index contributed by atoms with van der Waals surface area (Å²) in [5.41, 5.74) is 2.19. The molecule has 0 spiro atoms. The molecule has 10 heteroatoms. The van der Waals surface area contributed by atoms with Gasteiger partial charge in [0.2, 0.25) is 11.8 Å². The van der Waals surface area contributed by atoms with Crippen LogP contribution >= 0.6 is 11.8 Å². The van der Waals surface area contributed by atoms with E-state index in [0.717, 1.165) is 32.9 Å². The summed E-state index contributed by atoms with van der Waals surface area (Å²) in [7, 11) is 0. The summed E-state index contributed by atoms with van der Waals surface area (Å²) in [6, 6.07) is 12.9. The molecule has 36 heavy (non-hydrogen) atoms. The maximum absolute atomic E-state index is 13.4. The molecule has 0 unspecified atom stereocenters. The molecule has 0 aliphatic rings. The number of rotatable bonds is 10. The van der Waals surface area contributed by atoms with Gasteiger partial charge in [0.05, 0.1) is 0 Å². The van der Waals surface area contributed by atoms with Crippen LogP contribution in [0.5, 0.6) is 0 Å². The van der Waals surface area contributed by atoms with E-state index in [-0.39, 0.29) is 12.8 Å². The van der Waals surface area contributed by atoms with Crippen LogP contribution in [0.3, 0.4) is 0 Å². The molecule has 0 bridgehead atoms. The lowest BCUT2D eigenvalue weighted by atomic mass is 10.0. The number of carbonyl (C=O) groups is 3. The van der Waals surface area contributed by atoms with Crippen LogP contribution in [0.4, 0.5) is 0 Å². The van der Waals surface area contributed by atoms with Crippen LogP contribution in [-0.2, 0) is 27.2 Å². The van der Waals surface area contributed by atoms with E-state index in [1.165, 1.54) is 0 Å². The van der Waals surface area contributed by atoms with Gasteiger partial charge < -0.3 is 25.7 Å². The van der Waals surface area contributed by atoms with E-state index in [4.69, 9.17) is 11.8 Å². The van der Waals surface area contributed by atoms with Crippen LogP contribution in [-0.4, -0.2) is 50.5 Å². The molecule has 0 fully saturated rings. The fourth-order valence-corrected chi connectivity index (χ4v) is 4.19. The molecule has 2 atom stereocenters. The summed E-state index contributed by atoms with van der Waals surface area (Å²) in [6.07, 6.45) is 3.75. The van der Waals surface area contributed by atoms with Gasteiger partial charge in [0, 0.05) is 47.0 Å². The molecule has 188 valence electrons. The number of hydrogen-bond donors (Lipinski definition) is 6. The number of para-hydroxylation sites is 2. The number of hydrogen-bond acceptors (Lipinski definition) is 4. The van der Waals surface area contributed by atoms with Gasteiger partial charge in [-0.2, -0.15) is 0 Å². The van der Waals surface area contributed by atoms with Gasteiger partial charge in [-0.1, -0.05) is 36.4 Å². The zero-order chi connectivity index (χ0) is 25.9. The Morgan fingerprint density at radius 2 is 1.36 bits per heavy atom. The number of carboxylic acids is 1. The molecular weight excluding hydrogens is 482 g/mol. The van der Waals surface area contributed by atoms with Gasteiger partial charge in [-0.15, -0.1) is 0 Å². The molecule has 2 heterocycles. The van der Waals surface area contributed by atoms with Crippen molar-refractivity contribution < 1.29 is 19.5 Å². The second-order valence-electron chi connectivity index (χ2n) is 9.27. The Morgan fingerprint density at radius 3 is 1.86 bits per heavy atom. The van der Waals surface area contributed by atoms with Gasteiger partial charge in [-0.25, -0.2) is 9.63 Å². The monoisotopic (exact) mass is 509 g/mol. The first-order chi connectivity index (χ1) is 17.2. The van der Waals surface area contributed by atoms with E-state index in [2.05, 4.69) is 25.4 Å². The third-order valence-corrected chi connectivity index (χ3v) is 6.71. The molecule has 0 aliphatic heterocycles. The lowest BCUT2D eigenvalue weighted by molar-refractivity contribution is -0.142. The lowest BCUT2D eigenvalue weighted by Gasteiger charge is -2.26. The largest absolute Gasteiger partial charge is 0.480 e. The van der Waals surface area contributed by atoms with E-state index in [1.807, 2.05) is 48.5 Å². The molecule has 2 aromatic heterocycles. The summed E-state index contributed by atoms with van der Waals surface area (Å²) in [5.74, 6) is -2.28. The van der Waals surface area contributed by atoms with Gasteiger partial charge in [-0.3, -0.25) is 9.59 Å². The maximum atomic E-state index is 13.4. The van der Waals surface area contributed by atoms with Crippen molar-refractivity contribution in [2.24, 2.45) is 0 Å². The number of carbonyl (C=O) groups excluding carboxylic acids is 2. The van der Waals surface area contributed by atoms with Crippen molar-refractivity contribution in [2.75, 3.05) is 0 Å². The van der Waals surface area contributed by atoms with Gasteiger partial charge >= 0.3 is 5.97 Å². The van der Waals surface area contributed by atoms with Crippen molar-refractivity contribution >= 4 is 51.4 Å². The molecule has 0 saturated heterocycles. The van der Waals surface area contributed by atoms with Gasteiger partial charge in [0.15, 0.2) is 0 Å². The number of nitrogens with one attached hydrogen (secondary N) is 5. The minimum absolute atomic E-state index is 0.0770. The highest BCUT2D eigenvalue weighted by molar-refractivity contribution is 6.15. The SMILES string of the molecule is CC(C)(NCl)C(=O)N[C@H](Cc1c[nH]c2ccccc12)C(=O)N[C@H](Cc1c[nH]c2ccccc12)C(=O)O. The normalized spacial score (nSPS) is 13.4. The predicted octanol–water partition coefficient (Wildman–Crippen LogP) is 3.01. The van der Waals surface area contributed by atoms with E-state index < -0.39 is 35.4 Å². The second kappa shape index (κ2) is 10.4. The van der Waals surface area contributed by atoms with Crippen molar-refractivity contribution in [1.29, 1.82) is 0 Å². The van der Waals surface area contributed by atoms with Crippen molar-refractivity contribution in [1.82, 2.24) is 25.4 Å². The van der Waals surface area contributed by atoms with Crippen LogP contribution in [0.1, 0.15) is 25.0 Å². The van der Waals surface area contributed by atoms with Crippen molar-refractivity contribution in [3.63, 3.8) is 0 Å². The van der Waals surface area contributed by atoms with Crippen LogP contribution < -0.4 is 15.5 Å². The lowest BCUT2D eigenvalue weighted by Crippen LogP contribution is -2.58. The number of aliphatic carboxylic acids is 1. The Kier molecular flexibility index (Phi) is 7.32. The number of halogens is 1. The topological polar surface area (TPSA) is 139 Å². The zero-order valence-electron chi connectivity index (χ0n) is 19.9. The summed E-state index contributed by atoms with van der Waals surface area (Å²) >= 11 is 5.73. The third kappa shape index (κ3) is 5.37. The number of fused-ring (bicyclic) bond motifs is 2. The first-order valence-electron chi connectivity index (χ1n) is 11.5. The number of aromatic nitrogens is 2. The van der Waals surface area contributed by atoms with Gasteiger partial charge in [0.25, 0.3) is 0 Å². The van der Waals surface area contributed by atoms with E-state index in [1.54, 1.807) is 26.2 Å². The number of benzene rings is 2. The molecule has 4 aromatic rings.